The van der Waals surface area contributed by atoms with Gasteiger partial charge in [0.15, 0.2) is 0 Å². The van der Waals surface area contributed by atoms with Gasteiger partial charge in [-0.1, -0.05) is 23.7 Å². The monoisotopic (exact) mass is 404 g/mol. The molecule has 1 N–H and O–H groups in total. The molecule has 0 spiro atoms. The van der Waals surface area contributed by atoms with Crippen LogP contribution in [0.4, 0.5) is 5.69 Å². The van der Waals surface area contributed by atoms with Gasteiger partial charge in [0.2, 0.25) is 0 Å². The second-order valence-electron chi connectivity index (χ2n) is 5.03. The summed E-state index contributed by atoms with van der Waals surface area (Å²) in [4.78, 5) is 12.6. The van der Waals surface area contributed by atoms with Crippen molar-refractivity contribution < 1.29 is 9.53 Å². The Morgan fingerprint density at radius 3 is 2.54 bits per heavy atom. The number of rotatable bonds is 4. The smallest absolute Gasteiger partial charge is 0.259 e. The summed E-state index contributed by atoms with van der Waals surface area (Å²) in [7, 11) is 1.53. The van der Waals surface area contributed by atoms with Gasteiger partial charge in [0.25, 0.3) is 5.91 Å². The summed E-state index contributed by atoms with van der Waals surface area (Å²) in [5.74, 6) is 0.160. The molecule has 1 heterocycles. The number of hydrogen-bond acceptors (Lipinski definition) is 2. The number of nitrogens with zero attached hydrogens (tertiary/aromatic N) is 1. The minimum Gasteiger partial charge on any atom is -0.496 e. The van der Waals surface area contributed by atoms with Crippen molar-refractivity contribution in [3.05, 3.63) is 76.0 Å². The molecule has 4 nitrogen and oxygen atoms in total. The number of benzene rings is 2. The Bertz CT molecular complexity index is 879. The van der Waals surface area contributed by atoms with Gasteiger partial charge in [-0.2, -0.15) is 0 Å². The van der Waals surface area contributed by atoms with E-state index in [-0.39, 0.29) is 5.91 Å². The third-order valence-corrected chi connectivity index (χ3v) is 4.51. The molecule has 3 rings (SSSR count). The first-order chi connectivity index (χ1) is 11.6. The minimum absolute atomic E-state index is 0.292. The maximum Gasteiger partial charge on any atom is 0.259 e. The van der Waals surface area contributed by atoms with Crippen molar-refractivity contribution in [2.24, 2.45) is 0 Å². The second-order valence-corrected chi connectivity index (χ2v) is 6.29. The van der Waals surface area contributed by atoms with Crippen LogP contribution >= 0.6 is 27.5 Å². The lowest BCUT2D eigenvalue weighted by Gasteiger charge is -2.14. The standard InChI is InChI=1S/C18H14BrClN2O2/c1-24-17-11-16(22-8-4-5-9-22)14(20)10-12(17)18(23)21-15-7-3-2-6-13(15)19/h2-11H,1H3,(H,21,23). The molecule has 0 aliphatic rings. The van der Waals surface area contributed by atoms with Crippen molar-refractivity contribution >= 4 is 39.1 Å². The van der Waals surface area contributed by atoms with Crippen molar-refractivity contribution in [3.63, 3.8) is 0 Å². The summed E-state index contributed by atoms with van der Waals surface area (Å²) in [6.45, 7) is 0. The highest BCUT2D eigenvalue weighted by atomic mass is 79.9. The molecule has 0 aliphatic heterocycles. The van der Waals surface area contributed by atoms with Crippen LogP contribution in [0.1, 0.15) is 10.4 Å². The van der Waals surface area contributed by atoms with Gasteiger partial charge in [-0.05, 0) is 46.3 Å². The second kappa shape index (κ2) is 7.11. The van der Waals surface area contributed by atoms with Crippen LogP contribution in [0, 0.1) is 0 Å². The summed E-state index contributed by atoms with van der Waals surface area (Å²) < 4.78 is 8.04. The van der Waals surface area contributed by atoms with E-state index in [1.54, 1.807) is 12.1 Å². The quantitative estimate of drug-likeness (QED) is 0.652. The summed E-state index contributed by atoms with van der Waals surface area (Å²) in [6.07, 6.45) is 3.75. The molecule has 0 saturated heterocycles. The fourth-order valence-electron chi connectivity index (χ4n) is 2.33. The Labute approximate surface area is 153 Å². The van der Waals surface area contributed by atoms with Gasteiger partial charge < -0.3 is 14.6 Å². The van der Waals surface area contributed by atoms with E-state index in [4.69, 9.17) is 16.3 Å². The van der Waals surface area contributed by atoms with E-state index in [0.29, 0.717) is 22.0 Å². The Balaban J connectivity index is 1.97. The fraction of sp³-hybridized carbons (Fsp3) is 0.0556. The third-order valence-electron chi connectivity index (χ3n) is 3.52. The van der Waals surface area contributed by atoms with Gasteiger partial charge in [0.1, 0.15) is 5.75 Å². The number of hydrogen-bond donors (Lipinski definition) is 1. The normalized spacial score (nSPS) is 10.5. The van der Waals surface area contributed by atoms with Crippen LogP contribution in [0.15, 0.2) is 65.4 Å². The molecule has 1 amide bonds. The lowest BCUT2D eigenvalue weighted by Crippen LogP contribution is -2.14. The van der Waals surface area contributed by atoms with Crippen LogP contribution < -0.4 is 10.1 Å². The van der Waals surface area contributed by atoms with Gasteiger partial charge >= 0.3 is 0 Å². The first kappa shape index (κ1) is 16.6. The SMILES string of the molecule is COc1cc(-n2cccc2)c(Cl)cc1C(=O)Nc1ccccc1Br. The molecule has 0 bridgehead atoms. The van der Waals surface area contributed by atoms with Gasteiger partial charge in [-0.15, -0.1) is 0 Å². The van der Waals surface area contributed by atoms with Crippen molar-refractivity contribution in [1.29, 1.82) is 0 Å². The number of carbonyl (C=O) groups excluding carboxylic acids is 1. The Morgan fingerprint density at radius 1 is 1.17 bits per heavy atom. The molecule has 2 aromatic carbocycles. The maximum absolute atomic E-state index is 12.6. The predicted molar refractivity (Wildman–Crippen MR) is 99.4 cm³/mol. The van der Waals surface area contributed by atoms with Crippen molar-refractivity contribution in [3.8, 4) is 11.4 Å². The molecule has 24 heavy (non-hydrogen) atoms. The molecule has 0 fully saturated rings. The molecule has 0 radical (unpaired) electrons. The van der Waals surface area contributed by atoms with E-state index in [0.717, 1.165) is 10.2 Å². The van der Waals surface area contributed by atoms with Crippen LogP contribution in [-0.2, 0) is 0 Å². The van der Waals surface area contributed by atoms with Crippen LogP contribution in [0.2, 0.25) is 5.02 Å². The molecule has 0 atom stereocenters. The number of amides is 1. The molecule has 122 valence electrons. The molecule has 0 aliphatic carbocycles. The Morgan fingerprint density at radius 2 is 1.88 bits per heavy atom. The van der Waals surface area contributed by atoms with Gasteiger partial charge in [-0.3, -0.25) is 4.79 Å². The van der Waals surface area contributed by atoms with Gasteiger partial charge in [0.05, 0.1) is 29.1 Å². The maximum atomic E-state index is 12.6. The Hall–Kier alpha value is -2.24. The number of anilines is 1. The number of ether oxygens (including phenoxy) is 1. The molecule has 6 heteroatoms. The first-order valence-electron chi connectivity index (χ1n) is 7.17. The van der Waals surface area contributed by atoms with E-state index in [1.165, 1.54) is 7.11 Å². The van der Waals surface area contributed by atoms with Crippen LogP contribution in [0.25, 0.3) is 5.69 Å². The minimum atomic E-state index is -0.292. The van der Waals surface area contributed by atoms with Gasteiger partial charge in [0, 0.05) is 22.9 Å². The van der Waals surface area contributed by atoms with Crippen LogP contribution in [0.3, 0.4) is 0 Å². The van der Waals surface area contributed by atoms with Crippen molar-refractivity contribution in [2.75, 3.05) is 12.4 Å². The molecule has 0 unspecified atom stereocenters. The summed E-state index contributed by atoms with van der Waals surface area (Å²) >= 11 is 9.77. The number of nitrogens with one attached hydrogen (secondary N) is 1. The highest BCUT2D eigenvalue weighted by Crippen LogP contribution is 2.31. The number of aromatic nitrogens is 1. The highest BCUT2D eigenvalue weighted by molar-refractivity contribution is 9.10. The number of carbonyl (C=O) groups is 1. The molecular weight excluding hydrogens is 392 g/mol. The molecule has 3 aromatic rings. The molecule has 1 aromatic heterocycles. The highest BCUT2D eigenvalue weighted by Gasteiger charge is 2.17. The summed E-state index contributed by atoms with van der Waals surface area (Å²) in [5, 5.41) is 3.31. The van der Waals surface area contributed by atoms with E-state index in [2.05, 4.69) is 21.2 Å². The number of para-hydroxylation sites is 1. The Kier molecular flexibility index (Phi) is 4.92. The lowest BCUT2D eigenvalue weighted by molar-refractivity contribution is 0.102. The zero-order valence-corrected chi connectivity index (χ0v) is 15.1. The van der Waals surface area contributed by atoms with Gasteiger partial charge in [-0.25, -0.2) is 0 Å². The number of methoxy groups -OCH3 is 1. The van der Waals surface area contributed by atoms with E-state index in [1.807, 2.05) is 53.4 Å². The van der Waals surface area contributed by atoms with Crippen molar-refractivity contribution in [1.82, 2.24) is 4.57 Å². The summed E-state index contributed by atoms with van der Waals surface area (Å²) in [5.41, 5.74) is 1.79. The largest absolute Gasteiger partial charge is 0.496 e. The first-order valence-corrected chi connectivity index (χ1v) is 8.34. The molecule has 0 saturated carbocycles. The zero-order valence-electron chi connectivity index (χ0n) is 12.8. The summed E-state index contributed by atoms with van der Waals surface area (Å²) in [6, 6.07) is 14.5. The van der Waals surface area contributed by atoms with E-state index in [9.17, 15) is 4.79 Å². The van der Waals surface area contributed by atoms with Crippen LogP contribution in [0.5, 0.6) is 5.75 Å². The predicted octanol–water partition coefficient (Wildman–Crippen LogP) is 5.15. The van der Waals surface area contributed by atoms with Crippen molar-refractivity contribution in [2.45, 2.75) is 0 Å². The van der Waals surface area contributed by atoms with E-state index < -0.39 is 0 Å². The zero-order chi connectivity index (χ0) is 17.1. The average molecular weight is 406 g/mol. The topological polar surface area (TPSA) is 43.3 Å². The third kappa shape index (κ3) is 3.32. The fourth-order valence-corrected chi connectivity index (χ4v) is 2.98. The average Bonchev–Trinajstić information content (AvgIpc) is 3.11. The number of halogens is 2. The van der Waals surface area contributed by atoms with E-state index >= 15 is 0 Å². The molecular formula is C18H14BrClN2O2. The lowest BCUT2D eigenvalue weighted by atomic mass is 10.1. The van der Waals surface area contributed by atoms with Crippen LogP contribution in [-0.4, -0.2) is 17.6 Å².